The fraction of sp³-hybridized carbons (Fsp3) is 0.325. The maximum Gasteiger partial charge on any atom is 0.264 e. The van der Waals surface area contributed by atoms with Gasteiger partial charge in [0.2, 0.25) is 5.91 Å². The summed E-state index contributed by atoms with van der Waals surface area (Å²) in [6.07, 6.45) is -0.224. The molecular formula is C40H42ClN3O6Si. The number of aliphatic hydroxyl groups is 1. The Kier molecular flexibility index (Phi) is 9.40. The van der Waals surface area contributed by atoms with Crippen LogP contribution in [0.4, 0.5) is 11.4 Å². The van der Waals surface area contributed by atoms with Gasteiger partial charge in [-0.15, -0.1) is 0 Å². The number of carbonyl (C=O) groups is 3. The van der Waals surface area contributed by atoms with Crippen molar-refractivity contribution in [2.24, 2.45) is 5.92 Å². The molecule has 3 aliphatic heterocycles. The van der Waals surface area contributed by atoms with E-state index in [-0.39, 0.29) is 43.3 Å². The van der Waals surface area contributed by atoms with Crippen molar-refractivity contribution in [3.8, 4) is 0 Å². The van der Waals surface area contributed by atoms with E-state index in [1.807, 2.05) is 80.7 Å². The number of hydrogen-bond donors (Lipinski definition) is 3. The summed E-state index contributed by atoms with van der Waals surface area (Å²) in [5.41, 5.74) is 3.55. The molecule has 0 unspecified atom stereocenters. The van der Waals surface area contributed by atoms with Gasteiger partial charge in [0.1, 0.15) is 0 Å². The summed E-state index contributed by atoms with van der Waals surface area (Å²) in [7, 11) is -3.03. The molecule has 4 aromatic rings. The summed E-state index contributed by atoms with van der Waals surface area (Å²) in [6, 6.07) is 29.2. The van der Waals surface area contributed by atoms with Crippen LogP contribution in [0.1, 0.15) is 46.0 Å². The van der Waals surface area contributed by atoms with Crippen LogP contribution in [0, 0.1) is 5.92 Å². The van der Waals surface area contributed by atoms with Crippen LogP contribution in [0.2, 0.25) is 23.7 Å². The highest BCUT2D eigenvalue weighted by molar-refractivity contribution is 6.71. The maximum atomic E-state index is 14.8. The molecule has 0 radical (unpaired) electrons. The number of halogens is 1. The first kappa shape index (κ1) is 35.1. The number of nitrogens with one attached hydrogen (secondary N) is 1. The molecule has 3 heterocycles. The number of aliphatic hydroxyl groups excluding tert-OH is 1. The first-order valence-electron chi connectivity index (χ1n) is 17.4. The van der Waals surface area contributed by atoms with E-state index >= 15 is 0 Å². The Labute approximate surface area is 303 Å². The van der Waals surface area contributed by atoms with Crippen LogP contribution in [-0.2, 0) is 39.4 Å². The lowest BCUT2D eigenvalue weighted by Gasteiger charge is -2.37. The van der Waals surface area contributed by atoms with Gasteiger partial charge >= 0.3 is 0 Å². The first-order valence-corrected chi connectivity index (χ1v) is 20.8. The van der Waals surface area contributed by atoms with E-state index in [0.717, 1.165) is 16.7 Å². The van der Waals surface area contributed by atoms with Crippen molar-refractivity contribution in [3.63, 3.8) is 0 Å². The van der Waals surface area contributed by atoms with E-state index in [0.29, 0.717) is 40.5 Å². The lowest BCUT2D eigenvalue weighted by Crippen LogP contribution is -2.48. The molecule has 11 heteroatoms. The minimum Gasteiger partial charge on any atom is -0.432 e. The molecule has 9 nitrogen and oxygen atoms in total. The number of fused-ring (bicyclic) bond motifs is 3. The fourth-order valence-corrected chi connectivity index (χ4v) is 11.1. The van der Waals surface area contributed by atoms with E-state index in [4.69, 9.17) is 16.3 Å². The number of amides is 3. The van der Waals surface area contributed by atoms with Crippen molar-refractivity contribution in [1.82, 2.24) is 4.90 Å². The molecule has 0 saturated carbocycles. The van der Waals surface area contributed by atoms with Crippen LogP contribution in [0.3, 0.4) is 0 Å². The fourth-order valence-electron chi connectivity index (χ4n) is 8.41. The zero-order chi connectivity index (χ0) is 36.1. The standard InChI is InChI=1S/C40H42ClN3O6Si/c1-25-37(51(2,3)49)35(21-36(46)43-23-29-12-8-7-11-28(29)19-32(43)24-45)50-40(25)33-20-30(41)15-18-34(33)44(39(40)48)22-26-13-16-31(17-14-26)42-38(47)27-9-5-4-6-10-27/h4-18,20,25,32,35,37,45,49H,19,21-24H2,1-3H3,(H,42,47)/t25-,32-,35+,37-,40+/m0/s1. The Hall–Kier alpha value is -4.32. The highest BCUT2D eigenvalue weighted by Gasteiger charge is 2.66. The van der Waals surface area contributed by atoms with Crippen molar-refractivity contribution in [3.05, 3.63) is 130 Å². The molecule has 4 aromatic carbocycles. The summed E-state index contributed by atoms with van der Waals surface area (Å²) in [4.78, 5) is 56.7. The predicted molar refractivity (Wildman–Crippen MR) is 199 cm³/mol. The molecule has 0 aliphatic carbocycles. The van der Waals surface area contributed by atoms with Crippen LogP contribution in [0.5, 0.6) is 0 Å². The molecule has 51 heavy (non-hydrogen) atoms. The van der Waals surface area contributed by atoms with Gasteiger partial charge in [0, 0.05) is 39.8 Å². The second-order valence-corrected chi connectivity index (χ2v) is 18.9. The van der Waals surface area contributed by atoms with E-state index in [9.17, 15) is 24.3 Å². The molecule has 3 amide bonds. The van der Waals surface area contributed by atoms with Gasteiger partial charge in [-0.2, -0.15) is 0 Å². The average Bonchev–Trinajstić information content (AvgIpc) is 3.54. The lowest BCUT2D eigenvalue weighted by atomic mass is 9.82. The molecule has 1 saturated heterocycles. The summed E-state index contributed by atoms with van der Waals surface area (Å²) >= 11 is 6.57. The normalized spacial score (nSPS) is 24.1. The quantitative estimate of drug-likeness (QED) is 0.185. The van der Waals surface area contributed by atoms with Crippen LogP contribution in [0.15, 0.2) is 97.1 Å². The zero-order valence-corrected chi connectivity index (χ0v) is 30.6. The molecule has 3 N–H and O–H groups in total. The number of carbonyl (C=O) groups excluding carboxylic acids is 3. The number of hydrogen-bond acceptors (Lipinski definition) is 6. The largest absolute Gasteiger partial charge is 0.432 e. The van der Waals surface area contributed by atoms with Crippen molar-refractivity contribution in [2.45, 2.75) is 69.2 Å². The van der Waals surface area contributed by atoms with Gasteiger partial charge in [-0.05, 0) is 78.7 Å². The van der Waals surface area contributed by atoms with E-state index in [1.54, 1.807) is 46.2 Å². The summed E-state index contributed by atoms with van der Waals surface area (Å²) in [5, 5.41) is 13.6. The summed E-state index contributed by atoms with van der Waals surface area (Å²) in [6.45, 7) is 6.03. The Balaban J connectivity index is 1.16. The van der Waals surface area contributed by atoms with Gasteiger partial charge in [-0.1, -0.05) is 73.1 Å². The Morgan fingerprint density at radius 2 is 1.67 bits per heavy atom. The second kappa shape index (κ2) is 13.7. The number of anilines is 2. The van der Waals surface area contributed by atoms with Gasteiger partial charge in [0.05, 0.1) is 37.4 Å². The topological polar surface area (TPSA) is 119 Å². The van der Waals surface area contributed by atoms with Gasteiger partial charge in [0.25, 0.3) is 11.8 Å². The molecule has 0 bridgehead atoms. The minimum atomic E-state index is -3.03. The van der Waals surface area contributed by atoms with Crippen molar-refractivity contribution < 1.29 is 29.0 Å². The third-order valence-corrected chi connectivity index (χ3v) is 13.5. The third kappa shape index (κ3) is 6.40. The molecular weight excluding hydrogens is 682 g/mol. The van der Waals surface area contributed by atoms with E-state index in [2.05, 4.69) is 5.32 Å². The maximum absolute atomic E-state index is 14.8. The smallest absolute Gasteiger partial charge is 0.264 e. The third-order valence-electron chi connectivity index (χ3n) is 10.8. The Bertz CT molecular complexity index is 1970. The van der Waals surface area contributed by atoms with Gasteiger partial charge < -0.3 is 29.8 Å². The monoisotopic (exact) mass is 723 g/mol. The van der Waals surface area contributed by atoms with Crippen molar-refractivity contribution in [1.29, 1.82) is 0 Å². The lowest BCUT2D eigenvalue weighted by molar-refractivity contribution is -0.151. The zero-order valence-electron chi connectivity index (χ0n) is 28.9. The average molecular weight is 724 g/mol. The Morgan fingerprint density at radius 3 is 2.35 bits per heavy atom. The second-order valence-electron chi connectivity index (χ2n) is 14.5. The first-order chi connectivity index (χ1) is 24.4. The number of benzene rings is 4. The van der Waals surface area contributed by atoms with E-state index < -0.39 is 31.5 Å². The molecule has 1 spiro atoms. The van der Waals surface area contributed by atoms with E-state index in [1.165, 1.54) is 0 Å². The highest BCUT2D eigenvalue weighted by Crippen LogP contribution is 2.60. The van der Waals surface area contributed by atoms with Crippen molar-refractivity contribution in [2.75, 3.05) is 16.8 Å². The molecule has 3 aliphatic rings. The SMILES string of the molecule is C[C@H]1[C@H]([Si](C)(C)O)[C@@H](CC(=O)N2Cc3ccccc3C[C@H]2CO)O[C@]12C(=O)N(Cc1ccc(NC(=O)c3ccccc3)cc1)c1ccc(Cl)cc12. The number of nitrogens with zero attached hydrogens (tertiary/aromatic N) is 2. The number of ether oxygens (including phenoxy) is 1. The van der Waals surface area contributed by atoms with Gasteiger partial charge in [-0.3, -0.25) is 14.4 Å². The predicted octanol–water partition coefficient (Wildman–Crippen LogP) is 6.27. The van der Waals surface area contributed by atoms with Crippen LogP contribution in [-0.4, -0.2) is 59.6 Å². The van der Waals surface area contributed by atoms with Gasteiger partial charge in [0.15, 0.2) is 13.9 Å². The van der Waals surface area contributed by atoms with Crippen molar-refractivity contribution >= 4 is 49.0 Å². The molecule has 264 valence electrons. The molecule has 5 atom stereocenters. The molecule has 0 aromatic heterocycles. The van der Waals surface area contributed by atoms with Gasteiger partial charge in [-0.25, -0.2) is 0 Å². The highest BCUT2D eigenvalue weighted by atomic mass is 35.5. The minimum absolute atomic E-state index is 0.0360. The number of rotatable bonds is 8. The summed E-state index contributed by atoms with van der Waals surface area (Å²) < 4.78 is 6.90. The molecule has 1 fully saturated rings. The Morgan fingerprint density at radius 1 is 0.980 bits per heavy atom. The van der Waals surface area contributed by atoms with Crippen LogP contribution >= 0.6 is 11.6 Å². The van der Waals surface area contributed by atoms with Crippen LogP contribution in [0.25, 0.3) is 0 Å². The van der Waals surface area contributed by atoms with Crippen LogP contribution < -0.4 is 10.2 Å². The molecule has 7 rings (SSSR count). The summed E-state index contributed by atoms with van der Waals surface area (Å²) in [5.74, 6) is -1.14.